The Morgan fingerprint density at radius 1 is 1.67 bits per heavy atom. The Morgan fingerprint density at radius 2 is 2.44 bits per heavy atom. The molecular formula is C5H4BClOS. The minimum Gasteiger partial charge on any atom is -0.274 e. The Hall–Kier alpha value is 0.0149. The first kappa shape index (κ1) is 7.13. The van der Waals surface area contributed by atoms with Crippen LogP contribution in [0.3, 0.4) is 0 Å². The Labute approximate surface area is 64.2 Å². The third-order valence-electron chi connectivity index (χ3n) is 0.879. The second kappa shape index (κ2) is 3.25. The van der Waals surface area contributed by atoms with Crippen LogP contribution in [0, 0.1) is 0 Å². The Bertz CT molecular complexity index is 189. The minimum absolute atomic E-state index is 0.434. The average Bonchev–Trinajstić information content (AvgIpc) is 2.17. The van der Waals surface area contributed by atoms with Crippen LogP contribution in [0.5, 0.6) is 0 Å². The number of rotatable bonds is 2. The zero-order valence-corrected chi connectivity index (χ0v) is 6.21. The van der Waals surface area contributed by atoms with Crippen LogP contribution in [0.2, 0.25) is 0 Å². The van der Waals surface area contributed by atoms with E-state index < -0.39 is 0 Å². The summed E-state index contributed by atoms with van der Waals surface area (Å²) in [5.74, 6) is 0. The van der Waals surface area contributed by atoms with Gasteiger partial charge < -0.3 is 0 Å². The van der Waals surface area contributed by atoms with E-state index in [2.05, 4.69) is 4.29 Å². The highest BCUT2D eigenvalue weighted by Crippen LogP contribution is 2.07. The summed E-state index contributed by atoms with van der Waals surface area (Å²) in [5.41, 5.74) is 0. The van der Waals surface area contributed by atoms with Crippen molar-refractivity contribution in [2.75, 3.05) is 0 Å². The summed E-state index contributed by atoms with van der Waals surface area (Å²) in [6.45, 7) is 0.434. The lowest BCUT2D eigenvalue weighted by atomic mass is 10.1. The van der Waals surface area contributed by atoms with E-state index in [9.17, 15) is 0 Å². The molecule has 0 unspecified atom stereocenters. The van der Waals surface area contributed by atoms with Gasteiger partial charge in [-0.3, -0.25) is 4.29 Å². The molecule has 0 aromatic carbocycles. The van der Waals surface area contributed by atoms with E-state index in [1.807, 2.05) is 12.1 Å². The zero-order valence-electron chi connectivity index (χ0n) is 4.63. The molecule has 2 radical (unpaired) electrons. The summed E-state index contributed by atoms with van der Waals surface area (Å²) in [6.07, 6.45) is 0. The fourth-order valence-electron chi connectivity index (χ4n) is 0.526. The summed E-state index contributed by atoms with van der Waals surface area (Å²) in [4.78, 5) is 1.04. The van der Waals surface area contributed by atoms with Crippen molar-refractivity contribution in [2.45, 2.75) is 6.61 Å². The molecule has 0 aliphatic heterocycles. The van der Waals surface area contributed by atoms with Crippen LogP contribution in [0.1, 0.15) is 4.88 Å². The highest BCUT2D eigenvalue weighted by molar-refractivity contribution is 7.20. The van der Waals surface area contributed by atoms with Crippen molar-refractivity contribution in [1.82, 2.24) is 0 Å². The first-order valence-corrected chi connectivity index (χ1v) is 3.53. The summed E-state index contributed by atoms with van der Waals surface area (Å²) >= 11 is 6.49. The van der Waals surface area contributed by atoms with Gasteiger partial charge in [-0.15, -0.1) is 0 Å². The summed E-state index contributed by atoms with van der Waals surface area (Å²) in [5, 5.41) is 0. The van der Waals surface area contributed by atoms with Crippen molar-refractivity contribution in [3.63, 3.8) is 0 Å². The van der Waals surface area contributed by atoms with Gasteiger partial charge >= 0.3 is 0 Å². The van der Waals surface area contributed by atoms with Crippen molar-refractivity contribution >= 4 is 35.8 Å². The molecule has 1 rings (SSSR count). The first-order chi connectivity index (χ1) is 4.33. The first-order valence-electron chi connectivity index (χ1n) is 2.40. The Balaban J connectivity index is 2.61. The molecule has 1 aromatic heterocycles. The number of thiophene rings is 1. The molecule has 0 saturated heterocycles. The second-order valence-corrected chi connectivity index (χ2v) is 2.98. The van der Waals surface area contributed by atoms with Gasteiger partial charge in [0, 0.05) is 4.88 Å². The van der Waals surface area contributed by atoms with Crippen LogP contribution in [-0.4, -0.2) is 7.85 Å². The van der Waals surface area contributed by atoms with Gasteiger partial charge in [-0.1, -0.05) is 6.07 Å². The molecule has 0 bridgehead atoms. The number of hydrogen-bond donors (Lipinski definition) is 0. The van der Waals surface area contributed by atoms with Crippen molar-refractivity contribution in [2.24, 2.45) is 0 Å². The topological polar surface area (TPSA) is 9.23 Å². The van der Waals surface area contributed by atoms with Gasteiger partial charge in [0.05, 0.1) is 11.9 Å². The molecule has 9 heavy (non-hydrogen) atoms. The SMILES string of the molecule is [B]c1ccc(COCl)s1. The van der Waals surface area contributed by atoms with Gasteiger partial charge in [0.25, 0.3) is 0 Å². The molecular weight excluding hydrogens is 154 g/mol. The van der Waals surface area contributed by atoms with Crippen LogP contribution in [-0.2, 0) is 10.9 Å². The van der Waals surface area contributed by atoms with Crippen molar-refractivity contribution in [3.05, 3.63) is 17.0 Å². The number of halogens is 1. The molecule has 1 aromatic rings. The molecule has 0 atom stereocenters. The van der Waals surface area contributed by atoms with E-state index in [0.29, 0.717) is 6.61 Å². The van der Waals surface area contributed by atoms with Gasteiger partial charge in [0.1, 0.15) is 14.5 Å². The summed E-state index contributed by atoms with van der Waals surface area (Å²) < 4.78 is 5.16. The van der Waals surface area contributed by atoms with Crippen LogP contribution in [0.4, 0.5) is 0 Å². The zero-order chi connectivity index (χ0) is 6.69. The Morgan fingerprint density at radius 3 is 2.89 bits per heavy atom. The largest absolute Gasteiger partial charge is 0.274 e. The second-order valence-electron chi connectivity index (χ2n) is 1.56. The molecule has 0 amide bonds. The molecule has 1 nitrogen and oxygen atoms in total. The maximum atomic E-state index is 5.43. The third-order valence-corrected chi connectivity index (χ3v) is 1.88. The highest BCUT2D eigenvalue weighted by Gasteiger charge is 1.93. The molecule has 0 N–H and O–H groups in total. The predicted molar refractivity (Wildman–Crippen MR) is 40.3 cm³/mol. The van der Waals surface area contributed by atoms with Gasteiger partial charge in [0.15, 0.2) is 0 Å². The van der Waals surface area contributed by atoms with Gasteiger partial charge in [-0.25, -0.2) is 0 Å². The lowest BCUT2D eigenvalue weighted by molar-refractivity contribution is 0.345. The van der Waals surface area contributed by atoms with Gasteiger partial charge in [-0.05, 0) is 10.8 Å². The standard InChI is InChI=1S/C5H4BClOS/c6-5-2-1-4(9-5)3-8-7/h1-2H,3H2. The lowest BCUT2D eigenvalue weighted by Gasteiger charge is -1.86. The summed E-state index contributed by atoms with van der Waals surface area (Å²) in [7, 11) is 5.43. The van der Waals surface area contributed by atoms with E-state index in [1.54, 1.807) is 0 Å². The summed E-state index contributed by atoms with van der Waals surface area (Å²) in [6, 6.07) is 3.72. The van der Waals surface area contributed by atoms with Crippen LogP contribution < -0.4 is 4.78 Å². The maximum Gasteiger partial charge on any atom is 0.128 e. The highest BCUT2D eigenvalue weighted by atomic mass is 35.5. The molecule has 1 heterocycles. The maximum absolute atomic E-state index is 5.43. The smallest absolute Gasteiger partial charge is 0.128 e. The molecule has 0 aliphatic rings. The number of hydrogen-bond acceptors (Lipinski definition) is 2. The van der Waals surface area contributed by atoms with Crippen molar-refractivity contribution in [3.8, 4) is 0 Å². The third kappa shape index (κ3) is 2.01. The van der Waals surface area contributed by atoms with E-state index in [1.165, 1.54) is 11.3 Å². The van der Waals surface area contributed by atoms with Gasteiger partial charge in [0.2, 0.25) is 0 Å². The van der Waals surface area contributed by atoms with Crippen molar-refractivity contribution in [1.29, 1.82) is 0 Å². The quantitative estimate of drug-likeness (QED) is 0.588. The molecule has 0 aliphatic carbocycles. The fourth-order valence-corrected chi connectivity index (χ4v) is 1.40. The fraction of sp³-hybridized carbons (Fsp3) is 0.200. The molecule has 46 valence electrons. The molecule has 0 saturated carbocycles. The normalized spacial score (nSPS) is 9.89. The lowest BCUT2D eigenvalue weighted by Crippen LogP contribution is -1.89. The van der Waals surface area contributed by atoms with Crippen LogP contribution >= 0.6 is 23.2 Å². The molecule has 0 fully saturated rings. The van der Waals surface area contributed by atoms with Crippen LogP contribution in [0.15, 0.2) is 12.1 Å². The Kier molecular flexibility index (Phi) is 2.57. The van der Waals surface area contributed by atoms with Crippen molar-refractivity contribution < 1.29 is 4.29 Å². The monoisotopic (exact) mass is 158 g/mol. The predicted octanol–water partition coefficient (Wildman–Crippen LogP) is 1.21. The van der Waals surface area contributed by atoms with E-state index in [4.69, 9.17) is 19.7 Å². The molecule has 0 spiro atoms. The van der Waals surface area contributed by atoms with E-state index in [0.717, 1.165) is 9.65 Å². The van der Waals surface area contributed by atoms with Gasteiger partial charge in [-0.2, -0.15) is 11.3 Å². The average molecular weight is 158 g/mol. The van der Waals surface area contributed by atoms with Crippen LogP contribution in [0.25, 0.3) is 0 Å². The minimum atomic E-state index is 0.434. The van der Waals surface area contributed by atoms with E-state index >= 15 is 0 Å². The van der Waals surface area contributed by atoms with E-state index in [-0.39, 0.29) is 0 Å². The molecule has 4 heteroatoms.